The molecule has 0 radical (unpaired) electrons. The van der Waals surface area contributed by atoms with Gasteiger partial charge in [-0.1, -0.05) is 26.0 Å². The van der Waals surface area contributed by atoms with Gasteiger partial charge < -0.3 is 15.7 Å². The van der Waals surface area contributed by atoms with Gasteiger partial charge >= 0.3 is 0 Å². The molecule has 0 atom stereocenters. The Labute approximate surface area is 106 Å². The molecule has 0 aliphatic rings. The average molecular weight is 250 g/mol. The topological polar surface area (TPSA) is 78.4 Å². The van der Waals surface area contributed by atoms with Crippen molar-refractivity contribution in [3.05, 3.63) is 29.8 Å². The molecule has 0 spiro atoms. The van der Waals surface area contributed by atoms with E-state index in [9.17, 15) is 14.7 Å². The highest BCUT2D eigenvalue weighted by molar-refractivity contribution is 5.79. The number of hydrogen-bond acceptors (Lipinski definition) is 3. The number of rotatable bonds is 5. The number of benzene rings is 1. The smallest absolute Gasteiger partial charge is 0.221 e. The van der Waals surface area contributed by atoms with Gasteiger partial charge in [-0.25, -0.2) is 0 Å². The molecule has 1 aromatic carbocycles. The summed E-state index contributed by atoms with van der Waals surface area (Å²) in [6.07, 6.45) is 0.0474. The lowest BCUT2D eigenvalue weighted by Gasteiger charge is -2.20. The molecule has 0 saturated carbocycles. The molecular formula is C13H18N2O3. The molecular weight excluding hydrogens is 232 g/mol. The molecule has 0 aliphatic carbocycles. The molecule has 0 bridgehead atoms. The van der Waals surface area contributed by atoms with E-state index in [0.29, 0.717) is 18.4 Å². The first-order valence-corrected chi connectivity index (χ1v) is 5.94. The van der Waals surface area contributed by atoms with Crippen LogP contribution in [0.2, 0.25) is 0 Å². The van der Waals surface area contributed by atoms with Gasteiger partial charge in [0, 0.05) is 12.8 Å². The van der Waals surface area contributed by atoms with Crippen molar-refractivity contribution in [2.45, 2.75) is 32.9 Å². The van der Waals surface area contributed by atoms with E-state index in [2.05, 4.69) is 10.6 Å². The maximum absolute atomic E-state index is 11.4. The van der Waals surface area contributed by atoms with Crippen LogP contribution in [0.25, 0.3) is 0 Å². The first kappa shape index (κ1) is 14.0. The van der Waals surface area contributed by atoms with Crippen molar-refractivity contribution >= 4 is 11.8 Å². The molecule has 0 heterocycles. The monoisotopic (exact) mass is 250 g/mol. The highest BCUT2D eigenvalue weighted by Gasteiger charge is 2.15. The molecule has 5 heteroatoms. The first-order valence-electron chi connectivity index (χ1n) is 5.94. The number of carbonyl (C=O) groups excluding carboxylic acids is 2. The summed E-state index contributed by atoms with van der Waals surface area (Å²) in [7, 11) is 0. The van der Waals surface area contributed by atoms with E-state index < -0.39 is 6.17 Å². The largest absolute Gasteiger partial charge is 0.508 e. The highest BCUT2D eigenvalue weighted by Crippen LogP contribution is 2.16. The number of carbonyl (C=O) groups is 2. The summed E-state index contributed by atoms with van der Waals surface area (Å²) < 4.78 is 0. The summed E-state index contributed by atoms with van der Waals surface area (Å²) in [5, 5.41) is 14.8. The summed E-state index contributed by atoms with van der Waals surface area (Å²) in [4.78, 5) is 22.9. The zero-order chi connectivity index (χ0) is 13.5. The minimum Gasteiger partial charge on any atom is -0.508 e. The molecule has 0 aromatic heterocycles. The van der Waals surface area contributed by atoms with E-state index >= 15 is 0 Å². The lowest BCUT2D eigenvalue weighted by molar-refractivity contribution is -0.124. The fourth-order valence-electron chi connectivity index (χ4n) is 1.43. The van der Waals surface area contributed by atoms with Gasteiger partial charge in [-0.3, -0.25) is 9.59 Å². The van der Waals surface area contributed by atoms with Gasteiger partial charge in [-0.15, -0.1) is 0 Å². The standard InChI is InChI=1S/C13H18N2O3/c1-3-11(17)14-13(15-12(18)4-2)9-6-5-7-10(16)8-9/h5-8,13,16H,3-4H2,1-2H3,(H,14,17)(H,15,18). The van der Waals surface area contributed by atoms with Gasteiger partial charge in [0.2, 0.25) is 11.8 Å². The third-order valence-electron chi connectivity index (χ3n) is 2.46. The molecule has 0 unspecified atom stereocenters. The van der Waals surface area contributed by atoms with E-state index in [0.717, 1.165) is 0 Å². The normalized spacial score (nSPS) is 10.2. The van der Waals surface area contributed by atoms with Gasteiger partial charge in [0.05, 0.1) is 0 Å². The zero-order valence-corrected chi connectivity index (χ0v) is 10.6. The Bertz CT molecular complexity index is 414. The molecule has 0 fully saturated rings. The molecule has 18 heavy (non-hydrogen) atoms. The molecule has 0 aliphatic heterocycles. The summed E-state index contributed by atoms with van der Waals surface area (Å²) in [5.41, 5.74) is 0.638. The van der Waals surface area contributed by atoms with Crippen molar-refractivity contribution in [2.24, 2.45) is 0 Å². The van der Waals surface area contributed by atoms with Crippen molar-refractivity contribution in [3.63, 3.8) is 0 Å². The quantitative estimate of drug-likeness (QED) is 0.692. The fourth-order valence-corrected chi connectivity index (χ4v) is 1.43. The van der Waals surface area contributed by atoms with Crippen molar-refractivity contribution in [1.29, 1.82) is 0 Å². The van der Waals surface area contributed by atoms with Crippen molar-refractivity contribution in [2.75, 3.05) is 0 Å². The minimum absolute atomic E-state index is 0.0917. The molecule has 0 saturated heterocycles. The van der Waals surface area contributed by atoms with Gasteiger partial charge in [0.15, 0.2) is 0 Å². The molecule has 1 aromatic rings. The van der Waals surface area contributed by atoms with E-state index in [-0.39, 0.29) is 17.6 Å². The zero-order valence-electron chi connectivity index (χ0n) is 10.6. The SMILES string of the molecule is CCC(=O)NC(NC(=O)CC)c1cccc(O)c1. The Morgan fingerprint density at radius 1 is 1.17 bits per heavy atom. The van der Waals surface area contributed by atoms with Crippen LogP contribution in [0.1, 0.15) is 38.4 Å². The highest BCUT2D eigenvalue weighted by atomic mass is 16.3. The number of nitrogens with one attached hydrogen (secondary N) is 2. The van der Waals surface area contributed by atoms with Crippen LogP contribution in [0.5, 0.6) is 5.75 Å². The summed E-state index contributed by atoms with van der Waals surface area (Å²) in [6.45, 7) is 3.47. The van der Waals surface area contributed by atoms with Crippen molar-refractivity contribution < 1.29 is 14.7 Å². The Morgan fingerprint density at radius 2 is 1.72 bits per heavy atom. The average Bonchev–Trinajstić information content (AvgIpc) is 2.37. The fraction of sp³-hybridized carbons (Fsp3) is 0.385. The van der Waals surface area contributed by atoms with Crippen LogP contribution in [-0.2, 0) is 9.59 Å². The van der Waals surface area contributed by atoms with E-state index in [1.54, 1.807) is 26.0 Å². The van der Waals surface area contributed by atoms with Gasteiger partial charge in [0.1, 0.15) is 11.9 Å². The summed E-state index contributed by atoms with van der Waals surface area (Å²) >= 11 is 0. The van der Waals surface area contributed by atoms with Gasteiger partial charge in [0.25, 0.3) is 0 Å². The van der Waals surface area contributed by atoms with Crippen molar-refractivity contribution in [1.82, 2.24) is 10.6 Å². The second kappa shape index (κ2) is 6.64. The third-order valence-corrected chi connectivity index (χ3v) is 2.46. The van der Waals surface area contributed by atoms with E-state index in [1.807, 2.05) is 0 Å². The predicted molar refractivity (Wildman–Crippen MR) is 67.7 cm³/mol. The third kappa shape index (κ3) is 4.08. The predicted octanol–water partition coefficient (Wildman–Crippen LogP) is 1.44. The minimum atomic E-state index is -0.614. The number of hydrogen-bond donors (Lipinski definition) is 3. The maximum atomic E-state index is 11.4. The van der Waals surface area contributed by atoms with Crippen LogP contribution < -0.4 is 10.6 Å². The van der Waals surface area contributed by atoms with Gasteiger partial charge in [-0.05, 0) is 17.7 Å². The second-order valence-electron chi connectivity index (χ2n) is 3.87. The molecule has 1 rings (SSSR count). The molecule has 5 nitrogen and oxygen atoms in total. The second-order valence-corrected chi connectivity index (χ2v) is 3.87. The van der Waals surface area contributed by atoms with Crippen molar-refractivity contribution in [3.8, 4) is 5.75 Å². The molecule has 3 N–H and O–H groups in total. The van der Waals surface area contributed by atoms with Crippen LogP contribution >= 0.6 is 0 Å². The summed E-state index contributed by atoms with van der Waals surface area (Å²) in [5.74, 6) is -0.242. The Balaban J connectivity index is 2.88. The Kier molecular flexibility index (Phi) is 5.17. The number of aromatic hydroxyl groups is 1. The molecule has 2 amide bonds. The number of amides is 2. The lowest BCUT2D eigenvalue weighted by atomic mass is 10.1. The van der Waals surface area contributed by atoms with E-state index in [1.165, 1.54) is 12.1 Å². The van der Waals surface area contributed by atoms with Gasteiger partial charge in [-0.2, -0.15) is 0 Å². The number of phenols is 1. The van der Waals surface area contributed by atoms with E-state index in [4.69, 9.17) is 0 Å². The van der Waals surface area contributed by atoms with Crippen LogP contribution in [-0.4, -0.2) is 16.9 Å². The number of phenolic OH excluding ortho intramolecular Hbond substituents is 1. The van der Waals surface area contributed by atoms with Crippen LogP contribution in [0.15, 0.2) is 24.3 Å². The Hall–Kier alpha value is -2.04. The maximum Gasteiger partial charge on any atom is 0.221 e. The Morgan fingerprint density at radius 3 is 2.17 bits per heavy atom. The lowest BCUT2D eigenvalue weighted by Crippen LogP contribution is -2.40. The summed E-state index contributed by atoms with van der Waals surface area (Å²) in [6, 6.07) is 6.44. The van der Waals surface area contributed by atoms with Crippen LogP contribution in [0.3, 0.4) is 0 Å². The van der Waals surface area contributed by atoms with Crippen LogP contribution in [0, 0.1) is 0 Å². The first-order chi connectivity index (χ1) is 8.56. The molecule has 98 valence electrons. The van der Waals surface area contributed by atoms with Crippen LogP contribution in [0.4, 0.5) is 0 Å².